The van der Waals surface area contributed by atoms with Crippen LogP contribution in [0.5, 0.6) is 5.75 Å². The number of rotatable bonds is 2. The average molecular weight is 196 g/mol. The van der Waals surface area contributed by atoms with Gasteiger partial charge in [0.25, 0.3) is 0 Å². The second-order valence-corrected chi connectivity index (χ2v) is 3.46. The van der Waals surface area contributed by atoms with Gasteiger partial charge in [-0.2, -0.15) is 0 Å². The maximum atomic E-state index is 5.67. The van der Waals surface area contributed by atoms with Gasteiger partial charge in [0, 0.05) is 12.3 Å². The molecule has 1 rings (SSSR count). The minimum absolute atomic E-state index is 0.394. The maximum Gasteiger partial charge on any atom is 0.163 e. The zero-order chi connectivity index (χ0) is 9.90. The molecule has 0 spiro atoms. The minimum Gasteiger partial charge on any atom is -0.475 e. The van der Waals surface area contributed by atoms with Gasteiger partial charge in [-0.05, 0) is 19.9 Å². The van der Waals surface area contributed by atoms with Crippen LogP contribution in [0.2, 0.25) is 5.15 Å². The number of terminal acetylenes is 1. The standard InChI is InChI=1S/C10H10ClNO/c1-4-10(2,3)13-8-5-6-12-9(11)7-8/h1,5-7H,2-3H3. The van der Waals surface area contributed by atoms with E-state index in [1.807, 2.05) is 0 Å². The fraction of sp³-hybridized carbons (Fsp3) is 0.300. The lowest BCUT2D eigenvalue weighted by atomic mass is 10.1. The number of halogens is 1. The van der Waals surface area contributed by atoms with E-state index in [1.54, 1.807) is 32.2 Å². The molecule has 1 aromatic heterocycles. The maximum absolute atomic E-state index is 5.67. The molecule has 68 valence electrons. The molecule has 0 aliphatic heterocycles. The Labute approximate surface area is 82.9 Å². The molecule has 0 radical (unpaired) electrons. The molecule has 0 atom stereocenters. The fourth-order valence-electron chi connectivity index (χ4n) is 0.772. The van der Waals surface area contributed by atoms with Gasteiger partial charge >= 0.3 is 0 Å². The van der Waals surface area contributed by atoms with E-state index in [0.29, 0.717) is 10.9 Å². The Hall–Kier alpha value is -1.20. The van der Waals surface area contributed by atoms with Crippen molar-refractivity contribution in [2.24, 2.45) is 0 Å². The van der Waals surface area contributed by atoms with Crippen LogP contribution in [0.25, 0.3) is 0 Å². The number of aromatic nitrogens is 1. The zero-order valence-corrected chi connectivity index (χ0v) is 8.30. The molecule has 0 saturated carbocycles. The Balaban J connectivity index is 2.82. The number of hydrogen-bond acceptors (Lipinski definition) is 2. The lowest BCUT2D eigenvalue weighted by molar-refractivity contribution is 0.172. The molecular weight excluding hydrogens is 186 g/mol. The van der Waals surface area contributed by atoms with Crippen molar-refractivity contribution in [2.45, 2.75) is 19.4 Å². The van der Waals surface area contributed by atoms with Gasteiger partial charge in [-0.3, -0.25) is 0 Å². The van der Waals surface area contributed by atoms with Gasteiger partial charge in [-0.25, -0.2) is 4.98 Å². The molecule has 1 heterocycles. The molecule has 13 heavy (non-hydrogen) atoms. The van der Waals surface area contributed by atoms with Crippen LogP contribution in [0.3, 0.4) is 0 Å². The number of ether oxygens (including phenoxy) is 1. The molecule has 0 aliphatic rings. The van der Waals surface area contributed by atoms with Crippen LogP contribution >= 0.6 is 11.6 Å². The quantitative estimate of drug-likeness (QED) is 0.535. The topological polar surface area (TPSA) is 22.1 Å². The highest BCUT2D eigenvalue weighted by Crippen LogP contribution is 2.19. The van der Waals surface area contributed by atoms with Crippen molar-refractivity contribution in [1.82, 2.24) is 4.98 Å². The van der Waals surface area contributed by atoms with Gasteiger partial charge in [-0.15, -0.1) is 6.42 Å². The second kappa shape index (κ2) is 3.68. The molecular formula is C10H10ClNO. The van der Waals surface area contributed by atoms with E-state index in [2.05, 4.69) is 10.9 Å². The Morgan fingerprint density at radius 2 is 2.31 bits per heavy atom. The lowest BCUT2D eigenvalue weighted by Crippen LogP contribution is -2.25. The van der Waals surface area contributed by atoms with Gasteiger partial charge in [0.1, 0.15) is 10.9 Å². The summed E-state index contributed by atoms with van der Waals surface area (Å²) in [5, 5.41) is 0.394. The smallest absolute Gasteiger partial charge is 0.163 e. The van der Waals surface area contributed by atoms with E-state index >= 15 is 0 Å². The van der Waals surface area contributed by atoms with E-state index in [1.165, 1.54) is 0 Å². The summed E-state index contributed by atoms with van der Waals surface area (Å²) >= 11 is 5.67. The van der Waals surface area contributed by atoms with Crippen LogP contribution in [0.4, 0.5) is 0 Å². The molecule has 0 aromatic carbocycles. The van der Waals surface area contributed by atoms with Crippen LogP contribution in [0.1, 0.15) is 13.8 Å². The molecule has 0 aliphatic carbocycles. The summed E-state index contributed by atoms with van der Waals surface area (Å²) in [5.41, 5.74) is -0.620. The van der Waals surface area contributed by atoms with Crippen LogP contribution in [-0.2, 0) is 0 Å². The summed E-state index contributed by atoms with van der Waals surface area (Å²) < 4.78 is 5.47. The van der Waals surface area contributed by atoms with Crippen LogP contribution in [-0.4, -0.2) is 10.6 Å². The van der Waals surface area contributed by atoms with E-state index in [4.69, 9.17) is 22.8 Å². The Morgan fingerprint density at radius 1 is 1.62 bits per heavy atom. The van der Waals surface area contributed by atoms with Crippen molar-refractivity contribution in [3.8, 4) is 18.1 Å². The van der Waals surface area contributed by atoms with Gasteiger partial charge < -0.3 is 4.74 Å². The van der Waals surface area contributed by atoms with Crippen molar-refractivity contribution < 1.29 is 4.74 Å². The summed E-state index contributed by atoms with van der Waals surface area (Å²) in [5.74, 6) is 3.15. The average Bonchev–Trinajstić information content (AvgIpc) is 2.03. The third kappa shape index (κ3) is 2.96. The summed E-state index contributed by atoms with van der Waals surface area (Å²) in [4.78, 5) is 3.83. The molecule has 0 bridgehead atoms. The van der Waals surface area contributed by atoms with Crippen molar-refractivity contribution in [1.29, 1.82) is 0 Å². The first-order valence-corrected chi connectivity index (χ1v) is 4.20. The Kier molecular flexibility index (Phi) is 2.79. The number of pyridine rings is 1. The van der Waals surface area contributed by atoms with Gasteiger partial charge in [0.15, 0.2) is 5.60 Å². The highest BCUT2D eigenvalue weighted by molar-refractivity contribution is 6.29. The third-order valence-electron chi connectivity index (χ3n) is 1.42. The lowest BCUT2D eigenvalue weighted by Gasteiger charge is -2.19. The molecule has 2 nitrogen and oxygen atoms in total. The number of nitrogens with zero attached hydrogens (tertiary/aromatic N) is 1. The minimum atomic E-state index is -0.620. The summed E-state index contributed by atoms with van der Waals surface area (Å²) in [6, 6.07) is 3.34. The van der Waals surface area contributed by atoms with Gasteiger partial charge in [0.05, 0.1) is 0 Å². The first-order chi connectivity index (χ1) is 6.03. The van der Waals surface area contributed by atoms with Crippen LogP contribution in [0, 0.1) is 12.3 Å². The molecule has 0 unspecified atom stereocenters. The van der Waals surface area contributed by atoms with Gasteiger partial charge in [-0.1, -0.05) is 17.5 Å². The highest BCUT2D eigenvalue weighted by atomic mass is 35.5. The van der Waals surface area contributed by atoms with Crippen molar-refractivity contribution in [3.63, 3.8) is 0 Å². The van der Waals surface area contributed by atoms with E-state index in [-0.39, 0.29) is 0 Å². The highest BCUT2D eigenvalue weighted by Gasteiger charge is 2.15. The SMILES string of the molecule is C#CC(C)(C)Oc1ccnc(Cl)c1. The summed E-state index contributed by atoms with van der Waals surface area (Å²) in [6.07, 6.45) is 6.84. The monoisotopic (exact) mass is 195 g/mol. The Bertz CT molecular complexity index is 341. The molecule has 0 fully saturated rings. The first-order valence-electron chi connectivity index (χ1n) is 3.82. The summed E-state index contributed by atoms with van der Waals surface area (Å²) in [6.45, 7) is 3.61. The van der Waals surface area contributed by atoms with Crippen molar-refractivity contribution in [3.05, 3.63) is 23.5 Å². The number of hydrogen-bond donors (Lipinski definition) is 0. The van der Waals surface area contributed by atoms with E-state index in [0.717, 1.165) is 0 Å². The molecule has 1 aromatic rings. The normalized spacial score (nSPS) is 10.6. The largest absolute Gasteiger partial charge is 0.475 e. The van der Waals surface area contributed by atoms with Crippen molar-refractivity contribution >= 4 is 11.6 Å². The zero-order valence-electron chi connectivity index (χ0n) is 7.54. The Morgan fingerprint density at radius 3 is 2.85 bits per heavy atom. The molecule has 0 saturated heterocycles. The first kappa shape index (κ1) is 9.88. The van der Waals surface area contributed by atoms with Crippen molar-refractivity contribution in [2.75, 3.05) is 0 Å². The predicted octanol–water partition coefficient (Wildman–Crippen LogP) is 2.53. The third-order valence-corrected chi connectivity index (χ3v) is 1.63. The predicted molar refractivity (Wildman–Crippen MR) is 52.8 cm³/mol. The second-order valence-electron chi connectivity index (χ2n) is 3.07. The van der Waals surface area contributed by atoms with E-state index in [9.17, 15) is 0 Å². The molecule has 0 N–H and O–H groups in total. The van der Waals surface area contributed by atoms with E-state index < -0.39 is 5.60 Å². The molecule has 3 heteroatoms. The van der Waals surface area contributed by atoms with Crippen LogP contribution in [0.15, 0.2) is 18.3 Å². The molecule has 0 amide bonds. The van der Waals surface area contributed by atoms with Gasteiger partial charge in [0.2, 0.25) is 0 Å². The van der Waals surface area contributed by atoms with Crippen LogP contribution < -0.4 is 4.74 Å². The fourth-order valence-corrected chi connectivity index (χ4v) is 0.936. The summed E-state index contributed by atoms with van der Waals surface area (Å²) in [7, 11) is 0.